The molecule has 0 radical (unpaired) electrons. The fourth-order valence-corrected chi connectivity index (χ4v) is 5.13. The molecular formula is C31H33N3O3S. The third-order valence-electron chi connectivity index (χ3n) is 6.20. The van der Waals surface area contributed by atoms with E-state index in [1.807, 2.05) is 23.6 Å². The standard InChI is InChI=1S/C31H33N3O3S/c1-22(2)17-23-9-11-24(12-10-23)18-33(3)27-15-13-25(14-16-27)28-21-38-29(32-28)19-34(20-30(35)36)31(37)26-7-5-4-6-8-26/h4-16,21-22H,17-20H2,1-3H3,(H,35,36). The van der Waals surface area contributed by atoms with Crippen LogP contribution in [0.4, 0.5) is 5.69 Å². The first-order valence-corrected chi connectivity index (χ1v) is 13.6. The molecule has 0 fully saturated rings. The van der Waals surface area contributed by atoms with Crippen LogP contribution in [0.1, 0.15) is 40.3 Å². The molecule has 4 rings (SSSR count). The summed E-state index contributed by atoms with van der Waals surface area (Å²) in [5.41, 5.74) is 5.98. The van der Waals surface area contributed by atoms with E-state index in [0.717, 1.165) is 29.9 Å². The van der Waals surface area contributed by atoms with Crippen LogP contribution in [0.2, 0.25) is 0 Å². The molecule has 0 aliphatic rings. The van der Waals surface area contributed by atoms with Crippen molar-refractivity contribution in [1.82, 2.24) is 9.88 Å². The Morgan fingerprint density at radius 3 is 2.18 bits per heavy atom. The van der Waals surface area contributed by atoms with Gasteiger partial charge < -0.3 is 14.9 Å². The number of carboxylic acids is 1. The molecular weight excluding hydrogens is 494 g/mol. The van der Waals surface area contributed by atoms with E-state index in [0.29, 0.717) is 16.5 Å². The van der Waals surface area contributed by atoms with Crippen molar-refractivity contribution in [3.05, 3.63) is 106 Å². The molecule has 0 atom stereocenters. The van der Waals surface area contributed by atoms with Gasteiger partial charge in [-0.15, -0.1) is 11.3 Å². The molecule has 0 aliphatic carbocycles. The number of benzene rings is 3. The number of carbonyl (C=O) groups is 2. The number of hydrogen-bond acceptors (Lipinski definition) is 5. The average molecular weight is 528 g/mol. The first-order valence-electron chi connectivity index (χ1n) is 12.7. The van der Waals surface area contributed by atoms with Crippen LogP contribution in [0.25, 0.3) is 11.3 Å². The summed E-state index contributed by atoms with van der Waals surface area (Å²) in [4.78, 5) is 32.5. The maximum atomic E-state index is 12.9. The first-order chi connectivity index (χ1) is 18.3. The SMILES string of the molecule is CC(C)Cc1ccc(CN(C)c2ccc(-c3csc(CN(CC(=O)O)C(=O)c4ccccc4)n3)cc2)cc1. The molecule has 0 saturated heterocycles. The van der Waals surface area contributed by atoms with E-state index in [1.54, 1.807) is 24.3 Å². The van der Waals surface area contributed by atoms with Gasteiger partial charge in [-0.1, -0.05) is 68.4 Å². The van der Waals surface area contributed by atoms with E-state index in [4.69, 9.17) is 4.98 Å². The van der Waals surface area contributed by atoms with Crippen LogP contribution < -0.4 is 4.90 Å². The summed E-state index contributed by atoms with van der Waals surface area (Å²) in [5, 5.41) is 12.0. The van der Waals surface area contributed by atoms with E-state index in [-0.39, 0.29) is 19.0 Å². The quantitative estimate of drug-likeness (QED) is 0.245. The lowest BCUT2D eigenvalue weighted by Crippen LogP contribution is -2.35. The second kappa shape index (κ2) is 12.5. The molecule has 0 saturated carbocycles. The molecule has 1 amide bonds. The summed E-state index contributed by atoms with van der Waals surface area (Å²) < 4.78 is 0. The minimum absolute atomic E-state index is 0.140. The Morgan fingerprint density at radius 2 is 1.55 bits per heavy atom. The summed E-state index contributed by atoms with van der Waals surface area (Å²) in [6, 6.07) is 25.8. The van der Waals surface area contributed by atoms with Crippen molar-refractivity contribution in [3.63, 3.8) is 0 Å². The molecule has 38 heavy (non-hydrogen) atoms. The lowest BCUT2D eigenvalue weighted by Gasteiger charge is -2.20. The van der Waals surface area contributed by atoms with Gasteiger partial charge in [0.2, 0.25) is 0 Å². The maximum absolute atomic E-state index is 12.9. The van der Waals surface area contributed by atoms with Crippen LogP contribution in [0.15, 0.2) is 84.2 Å². The highest BCUT2D eigenvalue weighted by atomic mass is 32.1. The molecule has 0 aliphatic heterocycles. The number of amides is 1. The molecule has 0 spiro atoms. The van der Waals surface area contributed by atoms with Gasteiger partial charge in [0.05, 0.1) is 12.2 Å². The monoisotopic (exact) mass is 527 g/mol. The van der Waals surface area contributed by atoms with Crippen molar-refractivity contribution in [3.8, 4) is 11.3 Å². The van der Waals surface area contributed by atoms with Crippen LogP contribution in [-0.4, -0.2) is 40.5 Å². The molecule has 196 valence electrons. The van der Waals surface area contributed by atoms with Gasteiger partial charge in [0.1, 0.15) is 11.6 Å². The third-order valence-corrected chi connectivity index (χ3v) is 7.04. The minimum atomic E-state index is -1.06. The average Bonchev–Trinajstić information content (AvgIpc) is 3.37. The van der Waals surface area contributed by atoms with Gasteiger partial charge in [-0.25, -0.2) is 4.98 Å². The Hall–Kier alpha value is -3.97. The van der Waals surface area contributed by atoms with Gasteiger partial charge in [-0.2, -0.15) is 0 Å². The fourth-order valence-electron chi connectivity index (χ4n) is 4.31. The normalized spacial score (nSPS) is 10.9. The second-order valence-electron chi connectivity index (χ2n) is 9.86. The maximum Gasteiger partial charge on any atom is 0.323 e. The zero-order valence-corrected chi connectivity index (χ0v) is 22.8. The van der Waals surface area contributed by atoms with Crippen LogP contribution in [0, 0.1) is 5.92 Å². The highest BCUT2D eigenvalue weighted by Crippen LogP contribution is 2.26. The zero-order chi connectivity index (χ0) is 27.1. The molecule has 7 heteroatoms. The smallest absolute Gasteiger partial charge is 0.323 e. The molecule has 1 aromatic heterocycles. The van der Waals surface area contributed by atoms with Gasteiger partial charge in [0.25, 0.3) is 5.91 Å². The first kappa shape index (κ1) is 27.1. The van der Waals surface area contributed by atoms with Gasteiger partial charge in [0, 0.05) is 35.8 Å². The summed E-state index contributed by atoms with van der Waals surface area (Å²) in [7, 11) is 2.08. The Morgan fingerprint density at radius 1 is 0.895 bits per heavy atom. The Labute approximate surface area is 228 Å². The summed E-state index contributed by atoms with van der Waals surface area (Å²) in [5.74, 6) is -0.736. The predicted octanol–water partition coefficient (Wildman–Crippen LogP) is 6.37. The number of anilines is 1. The van der Waals surface area contributed by atoms with Gasteiger partial charge in [0.15, 0.2) is 0 Å². The molecule has 1 heterocycles. The molecule has 4 aromatic rings. The zero-order valence-electron chi connectivity index (χ0n) is 22.0. The number of aliphatic carboxylic acids is 1. The van der Waals surface area contributed by atoms with E-state index < -0.39 is 5.97 Å². The number of rotatable bonds is 11. The number of thiazole rings is 1. The lowest BCUT2D eigenvalue weighted by atomic mass is 10.0. The third kappa shape index (κ3) is 7.29. The largest absolute Gasteiger partial charge is 0.480 e. The van der Waals surface area contributed by atoms with Crippen molar-refractivity contribution in [1.29, 1.82) is 0 Å². The molecule has 6 nitrogen and oxygen atoms in total. The highest BCUT2D eigenvalue weighted by Gasteiger charge is 2.20. The van der Waals surface area contributed by atoms with E-state index >= 15 is 0 Å². The molecule has 0 unspecified atom stereocenters. The number of nitrogens with zero attached hydrogens (tertiary/aromatic N) is 3. The number of hydrogen-bond donors (Lipinski definition) is 1. The number of aromatic nitrogens is 1. The van der Waals surface area contributed by atoms with Crippen molar-refractivity contribution >= 4 is 28.9 Å². The topological polar surface area (TPSA) is 73.7 Å². The molecule has 0 bridgehead atoms. The van der Waals surface area contributed by atoms with E-state index in [9.17, 15) is 14.7 Å². The Kier molecular flexibility index (Phi) is 8.92. The van der Waals surface area contributed by atoms with Crippen molar-refractivity contribution in [2.75, 3.05) is 18.5 Å². The second-order valence-corrected chi connectivity index (χ2v) is 10.8. The lowest BCUT2D eigenvalue weighted by molar-refractivity contribution is -0.137. The van der Waals surface area contributed by atoms with Crippen LogP contribution in [-0.2, 0) is 24.3 Å². The van der Waals surface area contributed by atoms with Crippen LogP contribution >= 0.6 is 11.3 Å². The minimum Gasteiger partial charge on any atom is -0.480 e. The van der Waals surface area contributed by atoms with Crippen molar-refractivity contribution in [2.45, 2.75) is 33.4 Å². The molecule has 3 aromatic carbocycles. The highest BCUT2D eigenvalue weighted by molar-refractivity contribution is 7.09. The summed E-state index contributed by atoms with van der Waals surface area (Å²) in [6.07, 6.45) is 1.09. The Balaban J connectivity index is 1.41. The molecule has 1 N–H and O–H groups in total. The van der Waals surface area contributed by atoms with Crippen LogP contribution in [0.5, 0.6) is 0 Å². The van der Waals surface area contributed by atoms with Crippen molar-refractivity contribution in [2.24, 2.45) is 5.92 Å². The fraction of sp³-hybridized carbons (Fsp3) is 0.258. The van der Waals surface area contributed by atoms with Crippen molar-refractivity contribution < 1.29 is 14.7 Å². The predicted molar refractivity (Wildman–Crippen MR) is 153 cm³/mol. The van der Waals surface area contributed by atoms with E-state index in [1.165, 1.54) is 27.4 Å². The summed E-state index contributed by atoms with van der Waals surface area (Å²) in [6.45, 7) is 5.04. The summed E-state index contributed by atoms with van der Waals surface area (Å²) >= 11 is 1.42. The van der Waals surface area contributed by atoms with E-state index in [2.05, 4.69) is 62.2 Å². The van der Waals surface area contributed by atoms with Crippen LogP contribution in [0.3, 0.4) is 0 Å². The number of carbonyl (C=O) groups excluding carboxylic acids is 1. The van der Waals surface area contributed by atoms with Gasteiger partial charge in [-0.3, -0.25) is 9.59 Å². The van der Waals surface area contributed by atoms with Gasteiger partial charge in [-0.05, 0) is 47.7 Å². The van der Waals surface area contributed by atoms with Gasteiger partial charge >= 0.3 is 5.97 Å². The number of carboxylic acid groups (broad SMARTS) is 1. The Bertz CT molecular complexity index is 1350.